The summed E-state index contributed by atoms with van der Waals surface area (Å²) in [6.45, 7) is 3.85. The van der Waals surface area contributed by atoms with Gasteiger partial charge in [0.15, 0.2) is 0 Å². The number of nitrogens with one attached hydrogen (secondary N) is 1. The Morgan fingerprint density at radius 2 is 2.06 bits per heavy atom. The molecule has 90 valence electrons. The van der Waals surface area contributed by atoms with E-state index in [1.165, 1.54) is 16.0 Å². The predicted molar refractivity (Wildman–Crippen MR) is 78.8 cm³/mol. The molecule has 2 aromatic rings. The molecule has 1 aromatic carbocycles. The fraction of sp³-hybridized carbons (Fsp3) is 0.231. The smallest absolute Gasteiger partial charge is 0.0931 e. The maximum atomic E-state index is 5.88. The Bertz CT molecular complexity index is 510. The average Bonchev–Trinajstić information content (AvgIpc) is 2.70. The van der Waals surface area contributed by atoms with Crippen molar-refractivity contribution < 1.29 is 0 Å². The van der Waals surface area contributed by atoms with Crippen LogP contribution in [0.3, 0.4) is 0 Å². The number of benzene rings is 1. The Morgan fingerprint density at radius 3 is 2.71 bits per heavy atom. The molecule has 0 spiro atoms. The van der Waals surface area contributed by atoms with Crippen molar-refractivity contribution in [1.29, 1.82) is 0 Å². The Hall–Kier alpha value is -0.350. The van der Waals surface area contributed by atoms with Crippen LogP contribution in [0.2, 0.25) is 4.34 Å². The summed E-state index contributed by atoms with van der Waals surface area (Å²) in [7, 11) is 0. The maximum absolute atomic E-state index is 5.88. The van der Waals surface area contributed by atoms with Gasteiger partial charge in [0.2, 0.25) is 0 Å². The summed E-state index contributed by atoms with van der Waals surface area (Å²) in [5, 5.41) is 3.41. The largest absolute Gasteiger partial charge is 0.308 e. The van der Waals surface area contributed by atoms with Crippen molar-refractivity contribution >= 4 is 38.9 Å². The molecule has 0 saturated carbocycles. The van der Waals surface area contributed by atoms with Gasteiger partial charge in [-0.3, -0.25) is 0 Å². The Kier molecular flexibility index (Phi) is 4.62. The molecule has 2 rings (SSSR count). The van der Waals surface area contributed by atoms with E-state index in [9.17, 15) is 0 Å². The molecule has 0 atom stereocenters. The molecule has 0 amide bonds. The number of thiophene rings is 1. The molecule has 0 aliphatic heterocycles. The molecule has 0 unspecified atom stereocenters. The minimum Gasteiger partial charge on any atom is -0.308 e. The lowest BCUT2D eigenvalue weighted by atomic mass is 10.1. The first-order valence-corrected chi connectivity index (χ1v) is 7.34. The van der Waals surface area contributed by atoms with E-state index in [0.29, 0.717) is 0 Å². The summed E-state index contributed by atoms with van der Waals surface area (Å²) < 4.78 is 2.01. The molecular weight excluding hydrogens is 318 g/mol. The summed E-state index contributed by atoms with van der Waals surface area (Å²) >= 11 is 11.0. The van der Waals surface area contributed by atoms with E-state index in [1.54, 1.807) is 11.3 Å². The summed E-state index contributed by atoms with van der Waals surface area (Å²) in [6.07, 6.45) is 0. The molecule has 0 aliphatic rings. The van der Waals surface area contributed by atoms with E-state index in [-0.39, 0.29) is 0 Å². The van der Waals surface area contributed by atoms with E-state index < -0.39 is 0 Å². The van der Waals surface area contributed by atoms with Crippen LogP contribution in [0, 0.1) is 6.92 Å². The molecule has 1 nitrogen and oxygen atoms in total. The van der Waals surface area contributed by atoms with Gasteiger partial charge < -0.3 is 5.32 Å². The first kappa shape index (κ1) is 13.1. The van der Waals surface area contributed by atoms with E-state index in [0.717, 1.165) is 21.9 Å². The van der Waals surface area contributed by atoms with Crippen molar-refractivity contribution in [3.63, 3.8) is 0 Å². The van der Waals surface area contributed by atoms with Gasteiger partial charge in [0, 0.05) is 22.4 Å². The van der Waals surface area contributed by atoms with Crippen molar-refractivity contribution in [1.82, 2.24) is 5.32 Å². The molecule has 0 fully saturated rings. The van der Waals surface area contributed by atoms with Crippen molar-refractivity contribution in [2.24, 2.45) is 0 Å². The summed E-state index contributed by atoms with van der Waals surface area (Å²) in [4.78, 5) is 1.27. The lowest BCUT2D eigenvalue weighted by Crippen LogP contribution is -2.11. The first-order chi connectivity index (χ1) is 8.15. The number of halogens is 2. The highest BCUT2D eigenvalue weighted by Gasteiger charge is 1.99. The van der Waals surface area contributed by atoms with E-state index >= 15 is 0 Å². The molecule has 0 aliphatic carbocycles. The minimum atomic E-state index is 0.848. The monoisotopic (exact) mass is 329 g/mol. The van der Waals surface area contributed by atoms with Crippen LogP contribution in [0.5, 0.6) is 0 Å². The number of rotatable bonds is 4. The van der Waals surface area contributed by atoms with Crippen LogP contribution in [-0.2, 0) is 13.1 Å². The Balaban J connectivity index is 1.87. The van der Waals surface area contributed by atoms with Crippen LogP contribution in [0.15, 0.2) is 34.8 Å². The zero-order chi connectivity index (χ0) is 12.3. The molecule has 0 saturated heterocycles. The van der Waals surface area contributed by atoms with Gasteiger partial charge in [0.25, 0.3) is 0 Å². The topological polar surface area (TPSA) is 12.0 Å². The molecule has 0 radical (unpaired) electrons. The molecule has 1 N–H and O–H groups in total. The van der Waals surface area contributed by atoms with Crippen molar-refractivity contribution in [2.75, 3.05) is 0 Å². The third kappa shape index (κ3) is 3.81. The standard InChI is InChI=1S/C13H13BrClNS/c1-9-6-10(2-4-12(9)14)7-16-8-11-3-5-13(15)17-11/h2-6,16H,7-8H2,1H3. The van der Waals surface area contributed by atoms with Gasteiger partial charge >= 0.3 is 0 Å². The normalized spacial score (nSPS) is 10.8. The first-order valence-electron chi connectivity index (χ1n) is 5.35. The summed E-state index contributed by atoms with van der Waals surface area (Å²) in [6, 6.07) is 10.4. The van der Waals surface area contributed by atoms with Gasteiger partial charge in [-0.1, -0.05) is 39.7 Å². The number of hydrogen-bond acceptors (Lipinski definition) is 2. The van der Waals surface area contributed by atoms with Crippen molar-refractivity contribution in [3.8, 4) is 0 Å². The van der Waals surface area contributed by atoms with Crippen LogP contribution in [0.1, 0.15) is 16.0 Å². The zero-order valence-corrected chi connectivity index (χ0v) is 12.6. The van der Waals surface area contributed by atoms with Crippen molar-refractivity contribution in [3.05, 3.63) is 55.1 Å². The second-order valence-electron chi connectivity index (χ2n) is 3.89. The molecule has 4 heteroatoms. The van der Waals surface area contributed by atoms with Crippen LogP contribution in [-0.4, -0.2) is 0 Å². The van der Waals surface area contributed by atoms with Crippen molar-refractivity contribution in [2.45, 2.75) is 20.0 Å². The molecular formula is C13H13BrClNS. The van der Waals surface area contributed by atoms with E-state index in [2.05, 4.69) is 52.4 Å². The van der Waals surface area contributed by atoms with Gasteiger partial charge in [0.1, 0.15) is 0 Å². The van der Waals surface area contributed by atoms with Crippen LogP contribution >= 0.6 is 38.9 Å². The third-order valence-corrected chi connectivity index (χ3v) is 4.60. The van der Waals surface area contributed by atoms with Crippen LogP contribution in [0.25, 0.3) is 0 Å². The summed E-state index contributed by atoms with van der Waals surface area (Å²) in [5.41, 5.74) is 2.57. The highest BCUT2D eigenvalue weighted by atomic mass is 79.9. The molecule has 17 heavy (non-hydrogen) atoms. The predicted octanol–water partition coefficient (Wildman–Crippen LogP) is 4.76. The van der Waals surface area contributed by atoms with Gasteiger partial charge in [-0.15, -0.1) is 11.3 Å². The van der Waals surface area contributed by atoms with Gasteiger partial charge in [-0.25, -0.2) is 0 Å². The second kappa shape index (κ2) is 6.01. The number of aryl methyl sites for hydroxylation is 1. The lowest BCUT2D eigenvalue weighted by molar-refractivity contribution is 0.700. The van der Waals surface area contributed by atoms with Gasteiger partial charge in [0.05, 0.1) is 4.34 Å². The molecule has 1 heterocycles. The Labute approximate surface area is 119 Å². The lowest BCUT2D eigenvalue weighted by Gasteiger charge is -2.05. The van der Waals surface area contributed by atoms with Crippen LogP contribution < -0.4 is 5.32 Å². The third-order valence-electron chi connectivity index (χ3n) is 2.48. The highest BCUT2D eigenvalue weighted by molar-refractivity contribution is 9.10. The second-order valence-corrected chi connectivity index (χ2v) is 6.55. The number of hydrogen-bond donors (Lipinski definition) is 1. The fourth-order valence-corrected chi connectivity index (χ4v) is 2.90. The van der Waals surface area contributed by atoms with E-state index in [4.69, 9.17) is 11.6 Å². The minimum absolute atomic E-state index is 0.848. The van der Waals surface area contributed by atoms with Gasteiger partial charge in [-0.2, -0.15) is 0 Å². The SMILES string of the molecule is Cc1cc(CNCc2ccc(Cl)s2)ccc1Br. The maximum Gasteiger partial charge on any atom is 0.0931 e. The van der Waals surface area contributed by atoms with Crippen LogP contribution in [0.4, 0.5) is 0 Å². The van der Waals surface area contributed by atoms with Gasteiger partial charge in [-0.05, 0) is 36.2 Å². The summed E-state index contributed by atoms with van der Waals surface area (Å²) in [5.74, 6) is 0. The average molecular weight is 331 g/mol. The molecule has 1 aromatic heterocycles. The molecule has 0 bridgehead atoms. The zero-order valence-electron chi connectivity index (χ0n) is 9.47. The quantitative estimate of drug-likeness (QED) is 0.852. The van der Waals surface area contributed by atoms with E-state index in [1.807, 2.05) is 6.07 Å². The highest BCUT2D eigenvalue weighted by Crippen LogP contribution is 2.21. The Morgan fingerprint density at radius 1 is 1.24 bits per heavy atom. The fourth-order valence-electron chi connectivity index (χ4n) is 1.59.